The number of aryl methyl sites for hydroxylation is 2. The minimum absolute atomic E-state index is 0.0395. The van der Waals surface area contributed by atoms with Gasteiger partial charge < -0.3 is 0 Å². The van der Waals surface area contributed by atoms with Crippen LogP contribution in [0.25, 0.3) is 0 Å². The largest absolute Gasteiger partial charge is 0.272 e. The van der Waals surface area contributed by atoms with Crippen molar-refractivity contribution in [3.05, 3.63) is 41.6 Å². The van der Waals surface area contributed by atoms with E-state index in [1.165, 1.54) is 10.9 Å². The van der Waals surface area contributed by atoms with Crippen molar-refractivity contribution in [2.75, 3.05) is 4.72 Å². The first-order valence-electron chi connectivity index (χ1n) is 6.51. The quantitative estimate of drug-likeness (QED) is 0.915. The molecular formula is C14H16N4O2S. The monoisotopic (exact) mass is 304 g/mol. The van der Waals surface area contributed by atoms with Crippen LogP contribution >= 0.6 is 0 Å². The van der Waals surface area contributed by atoms with Crippen molar-refractivity contribution in [2.24, 2.45) is 7.05 Å². The van der Waals surface area contributed by atoms with E-state index >= 15 is 0 Å². The second-order valence-corrected chi connectivity index (χ2v) is 6.36. The fourth-order valence-electron chi connectivity index (χ4n) is 1.96. The van der Waals surface area contributed by atoms with Crippen molar-refractivity contribution in [1.29, 1.82) is 5.26 Å². The van der Waals surface area contributed by atoms with Crippen molar-refractivity contribution in [2.45, 2.75) is 24.7 Å². The average molecular weight is 304 g/mol. The van der Waals surface area contributed by atoms with Crippen molar-refractivity contribution in [1.82, 2.24) is 9.78 Å². The van der Waals surface area contributed by atoms with Crippen LogP contribution in [0.1, 0.15) is 24.5 Å². The van der Waals surface area contributed by atoms with E-state index in [2.05, 4.69) is 16.7 Å². The zero-order valence-corrected chi connectivity index (χ0v) is 12.7. The van der Waals surface area contributed by atoms with Crippen molar-refractivity contribution >= 4 is 15.8 Å². The second kappa shape index (κ2) is 5.97. The number of benzene rings is 1. The first-order chi connectivity index (χ1) is 9.96. The molecule has 0 aliphatic carbocycles. The van der Waals surface area contributed by atoms with Crippen LogP contribution in [0.3, 0.4) is 0 Å². The number of nitrogens with one attached hydrogen (secondary N) is 1. The van der Waals surface area contributed by atoms with Crippen LogP contribution in [0, 0.1) is 11.3 Å². The Labute approximate surface area is 124 Å². The van der Waals surface area contributed by atoms with E-state index < -0.39 is 10.0 Å². The predicted molar refractivity (Wildman–Crippen MR) is 79.2 cm³/mol. The number of nitrogens with zero attached hydrogens (tertiary/aromatic N) is 3. The van der Waals surface area contributed by atoms with Gasteiger partial charge in [0.15, 0.2) is 5.82 Å². The van der Waals surface area contributed by atoms with Crippen LogP contribution in [-0.4, -0.2) is 18.2 Å². The average Bonchev–Trinajstić information content (AvgIpc) is 2.79. The molecule has 0 bridgehead atoms. The molecule has 0 atom stereocenters. The molecule has 1 heterocycles. The van der Waals surface area contributed by atoms with Gasteiger partial charge >= 0.3 is 0 Å². The Bertz CT molecular complexity index is 770. The number of sulfonamides is 1. The van der Waals surface area contributed by atoms with Gasteiger partial charge in [0.2, 0.25) is 0 Å². The number of aromatic nitrogens is 2. The normalized spacial score (nSPS) is 11.1. The molecule has 1 aromatic heterocycles. The molecule has 21 heavy (non-hydrogen) atoms. The fraction of sp³-hybridized carbons (Fsp3) is 0.286. The van der Waals surface area contributed by atoms with Crippen LogP contribution in [0.15, 0.2) is 35.4 Å². The minimum Gasteiger partial charge on any atom is -0.272 e. The molecule has 0 saturated carbocycles. The molecule has 110 valence electrons. The lowest BCUT2D eigenvalue weighted by molar-refractivity contribution is 0.601. The highest BCUT2D eigenvalue weighted by atomic mass is 32.2. The highest BCUT2D eigenvalue weighted by molar-refractivity contribution is 7.92. The van der Waals surface area contributed by atoms with Gasteiger partial charge in [0.1, 0.15) is 11.6 Å². The van der Waals surface area contributed by atoms with Gasteiger partial charge in [0.05, 0.1) is 4.90 Å². The molecule has 2 aromatic rings. The topological polar surface area (TPSA) is 87.8 Å². The number of rotatable bonds is 5. The van der Waals surface area contributed by atoms with Crippen LogP contribution in [0.2, 0.25) is 0 Å². The van der Waals surface area contributed by atoms with Gasteiger partial charge in [0.25, 0.3) is 10.0 Å². The third kappa shape index (κ3) is 3.41. The van der Waals surface area contributed by atoms with Gasteiger partial charge in [-0.2, -0.15) is 10.4 Å². The van der Waals surface area contributed by atoms with Gasteiger partial charge in [-0.05, 0) is 24.1 Å². The summed E-state index contributed by atoms with van der Waals surface area (Å²) in [5.74, 6) is 0.0395. The Morgan fingerprint density at radius 2 is 2.00 bits per heavy atom. The molecule has 0 amide bonds. The van der Waals surface area contributed by atoms with Crippen molar-refractivity contribution in [3.63, 3.8) is 0 Å². The SMILES string of the molecule is CCCc1ccc(S(=O)(=O)Nc2nn(C)cc2C#N)cc1. The molecule has 7 heteroatoms. The molecular weight excluding hydrogens is 288 g/mol. The van der Waals surface area contributed by atoms with E-state index in [4.69, 9.17) is 5.26 Å². The number of hydrogen-bond donors (Lipinski definition) is 1. The highest BCUT2D eigenvalue weighted by Gasteiger charge is 2.18. The van der Waals surface area contributed by atoms with Crippen LogP contribution in [0.4, 0.5) is 5.82 Å². The molecule has 0 fully saturated rings. The maximum absolute atomic E-state index is 12.3. The summed E-state index contributed by atoms with van der Waals surface area (Å²) < 4.78 is 28.3. The van der Waals surface area contributed by atoms with E-state index in [0.29, 0.717) is 0 Å². The maximum Gasteiger partial charge on any atom is 0.263 e. The van der Waals surface area contributed by atoms with Gasteiger partial charge in [-0.15, -0.1) is 0 Å². The zero-order valence-electron chi connectivity index (χ0n) is 11.9. The van der Waals surface area contributed by atoms with E-state index in [-0.39, 0.29) is 16.3 Å². The Kier molecular flexibility index (Phi) is 4.29. The summed E-state index contributed by atoms with van der Waals surface area (Å²) in [6.07, 6.45) is 3.37. The lowest BCUT2D eigenvalue weighted by Gasteiger charge is -2.07. The van der Waals surface area contributed by atoms with E-state index in [1.54, 1.807) is 31.3 Å². The molecule has 0 radical (unpaired) electrons. The third-order valence-corrected chi connectivity index (χ3v) is 4.31. The van der Waals surface area contributed by atoms with Crippen molar-refractivity contribution in [3.8, 4) is 6.07 Å². The van der Waals surface area contributed by atoms with Gasteiger partial charge in [-0.25, -0.2) is 8.42 Å². The second-order valence-electron chi connectivity index (χ2n) is 4.68. The molecule has 0 spiro atoms. The standard InChI is InChI=1S/C14H16N4O2S/c1-3-4-11-5-7-13(8-6-11)21(19,20)17-14-12(9-15)10-18(2)16-14/h5-8,10H,3-4H2,1-2H3,(H,16,17). The Hall–Kier alpha value is -2.33. The Morgan fingerprint density at radius 1 is 1.33 bits per heavy atom. The van der Waals surface area contributed by atoms with Crippen LogP contribution in [0.5, 0.6) is 0 Å². The Balaban J connectivity index is 2.27. The lowest BCUT2D eigenvalue weighted by Crippen LogP contribution is -2.14. The first-order valence-corrected chi connectivity index (χ1v) is 8.00. The molecule has 1 aromatic carbocycles. The summed E-state index contributed by atoms with van der Waals surface area (Å²) in [7, 11) is -2.12. The minimum atomic E-state index is -3.74. The summed E-state index contributed by atoms with van der Waals surface area (Å²) in [6.45, 7) is 2.07. The molecule has 6 nitrogen and oxygen atoms in total. The highest BCUT2D eigenvalue weighted by Crippen LogP contribution is 2.18. The molecule has 2 rings (SSSR count). The van der Waals surface area contributed by atoms with Crippen LogP contribution < -0.4 is 4.72 Å². The maximum atomic E-state index is 12.3. The van der Waals surface area contributed by atoms with Gasteiger partial charge in [0, 0.05) is 13.2 Å². The van der Waals surface area contributed by atoms with Crippen molar-refractivity contribution < 1.29 is 8.42 Å². The lowest BCUT2D eigenvalue weighted by atomic mass is 10.1. The van der Waals surface area contributed by atoms with E-state index in [0.717, 1.165) is 18.4 Å². The summed E-state index contributed by atoms with van der Waals surface area (Å²) in [5, 5.41) is 12.9. The van der Waals surface area contributed by atoms with E-state index in [9.17, 15) is 8.42 Å². The zero-order chi connectivity index (χ0) is 15.5. The first kappa shape index (κ1) is 15.1. The predicted octanol–water partition coefficient (Wildman–Crippen LogP) is 2.05. The fourth-order valence-corrected chi connectivity index (χ4v) is 2.97. The number of anilines is 1. The summed E-state index contributed by atoms with van der Waals surface area (Å²) in [4.78, 5) is 0.150. The molecule has 0 aliphatic heterocycles. The van der Waals surface area contributed by atoms with Gasteiger partial charge in [-0.1, -0.05) is 25.5 Å². The molecule has 1 N–H and O–H groups in total. The Morgan fingerprint density at radius 3 is 2.57 bits per heavy atom. The summed E-state index contributed by atoms with van der Waals surface area (Å²) in [5.41, 5.74) is 1.27. The number of hydrogen-bond acceptors (Lipinski definition) is 4. The van der Waals surface area contributed by atoms with Crippen LogP contribution in [-0.2, 0) is 23.5 Å². The van der Waals surface area contributed by atoms with E-state index in [1.807, 2.05) is 6.07 Å². The summed E-state index contributed by atoms with van der Waals surface area (Å²) >= 11 is 0. The third-order valence-electron chi connectivity index (χ3n) is 2.95. The van der Waals surface area contributed by atoms with Gasteiger partial charge in [-0.3, -0.25) is 9.40 Å². The molecule has 0 unspecified atom stereocenters. The number of nitriles is 1. The smallest absolute Gasteiger partial charge is 0.263 e. The molecule has 0 saturated heterocycles. The molecule has 0 aliphatic rings. The summed E-state index contributed by atoms with van der Waals surface area (Å²) in [6, 6.07) is 8.61.